The highest BCUT2D eigenvalue weighted by atomic mass is 16.5. The maximum absolute atomic E-state index is 10.6. The number of aromatic nitrogens is 3. The van der Waals surface area contributed by atoms with E-state index in [1.807, 2.05) is 57.2 Å². The molecule has 0 fully saturated rings. The molecule has 0 spiro atoms. The number of carbonyl (C=O) groups is 1. The third kappa shape index (κ3) is 9.78. The zero-order valence-electron chi connectivity index (χ0n) is 18.2. The zero-order chi connectivity index (χ0) is 22.4. The number of aliphatic carboxylic acids is 1. The number of hydrogen-bond donors (Lipinski definition) is 1. The van der Waals surface area contributed by atoms with Crippen molar-refractivity contribution in [1.29, 1.82) is 0 Å². The zero-order valence-corrected chi connectivity index (χ0v) is 18.2. The quantitative estimate of drug-likeness (QED) is 0.538. The summed E-state index contributed by atoms with van der Waals surface area (Å²) in [5.74, 6) is 0.198. The number of aryl methyl sites for hydroxylation is 2. The summed E-state index contributed by atoms with van der Waals surface area (Å²) < 4.78 is 5.19. The van der Waals surface area contributed by atoms with E-state index in [1.165, 1.54) is 5.56 Å². The smallest absolute Gasteiger partial charge is 0.303 e. The molecule has 1 N–H and O–H groups in total. The molecule has 1 unspecified atom stereocenters. The lowest BCUT2D eigenvalue weighted by Gasteiger charge is -2.03. The number of benzene rings is 1. The lowest BCUT2D eigenvalue weighted by Crippen LogP contribution is -2.07. The van der Waals surface area contributed by atoms with E-state index in [2.05, 4.69) is 34.7 Å². The molecule has 6 nitrogen and oxygen atoms in total. The average molecular weight is 410 g/mol. The molecule has 1 atom stereocenters. The highest BCUT2D eigenvalue weighted by molar-refractivity contribution is 5.67. The second-order valence-electron chi connectivity index (χ2n) is 6.85. The van der Waals surface area contributed by atoms with Crippen LogP contribution in [0.2, 0.25) is 0 Å². The van der Waals surface area contributed by atoms with Crippen molar-refractivity contribution in [3.05, 3.63) is 78.5 Å². The first-order valence-corrected chi connectivity index (χ1v) is 9.97. The predicted molar refractivity (Wildman–Crippen MR) is 119 cm³/mol. The first-order chi connectivity index (χ1) is 14.4. The van der Waals surface area contributed by atoms with E-state index in [4.69, 9.17) is 9.63 Å². The molecule has 6 heteroatoms. The van der Waals surface area contributed by atoms with Gasteiger partial charge in [-0.1, -0.05) is 49.3 Å². The van der Waals surface area contributed by atoms with Crippen LogP contribution in [0, 0.1) is 12.8 Å². The predicted octanol–water partition coefficient (Wildman–Crippen LogP) is 5.53. The standard InChI is InChI=1S/C15H18N2O3.C6H7N.C3H6/c1-3-11-5-4-6-12(9-11)15-16-13(20-17-15)7-10(2)8-14(18)19;1-6-4-2-3-5-7-6;1-3-2/h4-6,9-10H,3,7-8H2,1-2H3,(H,18,19);2-5H,1H3;3H,1H2,2H3. The molecule has 0 aliphatic rings. The number of rotatable bonds is 6. The molecule has 0 amide bonds. The van der Waals surface area contributed by atoms with Crippen molar-refractivity contribution < 1.29 is 14.4 Å². The minimum absolute atomic E-state index is 0.0252. The summed E-state index contributed by atoms with van der Waals surface area (Å²) in [7, 11) is 0. The molecule has 160 valence electrons. The molecule has 1 aromatic carbocycles. The van der Waals surface area contributed by atoms with Gasteiger partial charge in [0, 0.05) is 30.3 Å². The molecule has 3 aromatic rings. The molecule has 2 heterocycles. The van der Waals surface area contributed by atoms with Gasteiger partial charge in [0.2, 0.25) is 11.7 Å². The minimum Gasteiger partial charge on any atom is -0.481 e. The van der Waals surface area contributed by atoms with E-state index in [1.54, 1.807) is 12.3 Å². The topological polar surface area (TPSA) is 89.1 Å². The van der Waals surface area contributed by atoms with Crippen molar-refractivity contribution in [3.63, 3.8) is 0 Å². The van der Waals surface area contributed by atoms with Crippen LogP contribution in [-0.2, 0) is 17.6 Å². The normalized spacial score (nSPS) is 10.7. The number of carboxylic acids is 1. The van der Waals surface area contributed by atoms with Crippen molar-refractivity contribution >= 4 is 5.97 Å². The van der Waals surface area contributed by atoms with Crippen LogP contribution in [0.1, 0.15) is 44.3 Å². The Morgan fingerprint density at radius 2 is 2.00 bits per heavy atom. The van der Waals surface area contributed by atoms with Gasteiger partial charge in [-0.3, -0.25) is 9.78 Å². The highest BCUT2D eigenvalue weighted by Crippen LogP contribution is 2.19. The van der Waals surface area contributed by atoms with Gasteiger partial charge in [0.1, 0.15) is 0 Å². The van der Waals surface area contributed by atoms with Crippen molar-refractivity contribution in [2.45, 2.75) is 47.0 Å². The van der Waals surface area contributed by atoms with Gasteiger partial charge in [0.25, 0.3) is 0 Å². The fourth-order valence-electron chi connectivity index (χ4n) is 2.50. The van der Waals surface area contributed by atoms with Gasteiger partial charge >= 0.3 is 5.97 Å². The van der Waals surface area contributed by atoms with Crippen molar-refractivity contribution in [3.8, 4) is 11.4 Å². The van der Waals surface area contributed by atoms with Crippen molar-refractivity contribution in [2.24, 2.45) is 5.92 Å². The molecule has 0 aliphatic heterocycles. The Labute approximate surface area is 178 Å². The fourth-order valence-corrected chi connectivity index (χ4v) is 2.50. The lowest BCUT2D eigenvalue weighted by molar-refractivity contribution is -0.137. The lowest BCUT2D eigenvalue weighted by atomic mass is 10.0. The number of carboxylic acid groups (broad SMARTS) is 1. The fraction of sp³-hybridized carbons (Fsp3) is 0.333. The SMILES string of the molecule is C=CC.CCc1cccc(-c2noc(CC(C)CC(=O)O)n2)c1.Cc1ccccn1. The van der Waals surface area contributed by atoms with E-state index in [9.17, 15) is 4.79 Å². The van der Waals surface area contributed by atoms with Crippen molar-refractivity contribution in [2.75, 3.05) is 0 Å². The average Bonchev–Trinajstić information content (AvgIpc) is 3.17. The monoisotopic (exact) mass is 409 g/mol. The number of hydrogen-bond acceptors (Lipinski definition) is 5. The largest absolute Gasteiger partial charge is 0.481 e. The van der Waals surface area contributed by atoms with Crippen LogP contribution in [-0.4, -0.2) is 26.2 Å². The van der Waals surface area contributed by atoms with Gasteiger partial charge in [-0.05, 0) is 49.9 Å². The molecule has 0 saturated carbocycles. The second kappa shape index (κ2) is 13.8. The Kier molecular flexibility index (Phi) is 11.4. The minimum atomic E-state index is -0.812. The molecular formula is C24H31N3O3. The van der Waals surface area contributed by atoms with Gasteiger partial charge < -0.3 is 9.63 Å². The van der Waals surface area contributed by atoms with Crippen molar-refractivity contribution in [1.82, 2.24) is 15.1 Å². The molecule has 0 bridgehead atoms. The van der Waals surface area contributed by atoms with Crippen LogP contribution in [0.15, 0.2) is 65.8 Å². The molecule has 3 rings (SSSR count). The number of pyridine rings is 1. The number of nitrogens with zero attached hydrogens (tertiary/aromatic N) is 3. The summed E-state index contributed by atoms with van der Waals surface area (Å²) in [6, 6.07) is 13.9. The summed E-state index contributed by atoms with van der Waals surface area (Å²) in [6.45, 7) is 11.2. The first-order valence-electron chi connectivity index (χ1n) is 9.97. The van der Waals surface area contributed by atoms with E-state index < -0.39 is 5.97 Å². The van der Waals surface area contributed by atoms with Crippen LogP contribution in [0.4, 0.5) is 0 Å². The summed E-state index contributed by atoms with van der Waals surface area (Å²) >= 11 is 0. The Morgan fingerprint density at radius 3 is 2.53 bits per heavy atom. The Balaban J connectivity index is 0.000000372. The Morgan fingerprint density at radius 1 is 1.27 bits per heavy atom. The maximum atomic E-state index is 10.6. The Hall–Kier alpha value is -3.28. The van der Waals surface area contributed by atoms with Crippen LogP contribution in [0.25, 0.3) is 11.4 Å². The molecule has 0 saturated heterocycles. The Bertz CT molecular complexity index is 891. The molecule has 0 aliphatic carbocycles. The van der Waals surface area contributed by atoms with Gasteiger partial charge in [-0.25, -0.2) is 0 Å². The maximum Gasteiger partial charge on any atom is 0.303 e. The van der Waals surface area contributed by atoms with Gasteiger partial charge in [0.15, 0.2) is 0 Å². The van der Waals surface area contributed by atoms with E-state index >= 15 is 0 Å². The third-order valence-electron chi connectivity index (χ3n) is 3.92. The number of allylic oxidation sites excluding steroid dienone is 1. The summed E-state index contributed by atoms with van der Waals surface area (Å²) in [6.07, 6.45) is 5.07. The van der Waals surface area contributed by atoms with E-state index in [0.29, 0.717) is 18.1 Å². The summed E-state index contributed by atoms with van der Waals surface area (Å²) in [5, 5.41) is 12.7. The van der Waals surface area contributed by atoms with Gasteiger partial charge in [0.05, 0.1) is 0 Å². The molecule has 30 heavy (non-hydrogen) atoms. The van der Waals surface area contributed by atoms with Crippen LogP contribution in [0.3, 0.4) is 0 Å². The molecular weight excluding hydrogens is 378 g/mol. The highest BCUT2D eigenvalue weighted by Gasteiger charge is 2.14. The summed E-state index contributed by atoms with van der Waals surface area (Å²) in [5.41, 5.74) is 3.21. The van der Waals surface area contributed by atoms with Gasteiger partial charge in [-0.15, -0.1) is 6.58 Å². The third-order valence-corrected chi connectivity index (χ3v) is 3.92. The molecule has 2 aromatic heterocycles. The van der Waals surface area contributed by atoms with Gasteiger partial charge in [-0.2, -0.15) is 4.98 Å². The second-order valence-corrected chi connectivity index (χ2v) is 6.85. The van der Waals surface area contributed by atoms with E-state index in [0.717, 1.165) is 17.7 Å². The first kappa shape index (κ1) is 24.8. The molecule has 0 radical (unpaired) electrons. The summed E-state index contributed by atoms with van der Waals surface area (Å²) in [4.78, 5) is 18.9. The van der Waals surface area contributed by atoms with E-state index in [-0.39, 0.29) is 12.3 Å². The van der Waals surface area contributed by atoms with Crippen LogP contribution < -0.4 is 0 Å². The van der Waals surface area contributed by atoms with Crippen LogP contribution in [0.5, 0.6) is 0 Å². The van der Waals surface area contributed by atoms with Crippen LogP contribution >= 0.6 is 0 Å².